The Bertz CT molecular complexity index is 929. The van der Waals surface area contributed by atoms with E-state index in [2.05, 4.69) is 15.2 Å². The van der Waals surface area contributed by atoms with Crippen LogP contribution in [0.15, 0.2) is 36.5 Å². The van der Waals surface area contributed by atoms with Crippen LogP contribution in [-0.2, 0) is 4.74 Å². The molecule has 1 aromatic carbocycles. The van der Waals surface area contributed by atoms with Crippen molar-refractivity contribution in [2.45, 2.75) is 26.4 Å². The fourth-order valence-electron chi connectivity index (χ4n) is 3.37. The third kappa shape index (κ3) is 6.58. The summed E-state index contributed by atoms with van der Waals surface area (Å²) in [5.74, 6) is 0.525. The van der Waals surface area contributed by atoms with Gasteiger partial charge in [0.05, 0.1) is 22.3 Å². The predicted molar refractivity (Wildman–Crippen MR) is 127 cm³/mol. The Labute approximate surface area is 198 Å². The average Bonchev–Trinajstić information content (AvgIpc) is 2.78. The first-order valence-electron chi connectivity index (χ1n) is 10.7. The van der Waals surface area contributed by atoms with Crippen LogP contribution in [0.2, 0.25) is 10.0 Å². The Morgan fingerprint density at radius 1 is 1.12 bits per heavy atom. The Kier molecular flexibility index (Phi) is 8.73. The zero-order valence-electron chi connectivity index (χ0n) is 18.3. The fraction of sp³-hybridized carbons (Fsp3) is 0.435. The quantitative estimate of drug-likeness (QED) is 0.582. The zero-order valence-corrected chi connectivity index (χ0v) is 19.8. The normalized spacial score (nSPS) is 14.0. The minimum absolute atomic E-state index is 0.106. The van der Waals surface area contributed by atoms with Crippen molar-refractivity contribution in [3.8, 4) is 0 Å². The number of piperazine rings is 1. The van der Waals surface area contributed by atoms with Gasteiger partial charge >= 0.3 is 0 Å². The number of rotatable bonds is 8. The van der Waals surface area contributed by atoms with E-state index in [9.17, 15) is 9.59 Å². The van der Waals surface area contributed by atoms with Crippen molar-refractivity contribution in [3.05, 3.63) is 57.7 Å². The molecule has 0 unspecified atom stereocenters. The third-order valence-electron chi connectivity index (χ3n) is 5.12. The van der Waals surface area contributed by atoms with E-state index in [4.69, 9.17) is 27.9 Å². The number of benzene rings is 1. The summed E-state index contributed by atoms with van der Waals surface area (Å²) in [5, 5.41) is 3.73. The first-order chi connectivity index (χ1) is 15.3. The van der Waals surface area contributed by atoms with Crippen LogP contribution in [0.1, 0.15) is 41.0 Å². The number of aromatic nitrogens is 1. The molecule has 0 spiro atoms. The highest BCUT2D eigenvalue weighted by atomic mass is 35.5. The van der Waals surface area contributed by atoms with Gasteiger partial charge < -0.3 is 19.9 Å². The molecule has 9 heteroatoms. The molecule has 7 nitrogen and oxygen atoms in total. The summed E-state index contributed by atoms with van der Waals surface area (Å²) < 4.78 is 5.46. The van der Waals surface area contributed by atoms with Gasteiger partial charge in [0.25, 0.3) is 11.8 Å². The molecule has 1 N–H and O–H groups in total. The molecule has 1 aromatic heterocycles. The lowest BCUT2D eigenvalue weighted by Crippen LogP contribution is -2.49. The van der Waals surface area contributed by atoms with E-state index < -0.39 is 0 Å². The molecule has 172 valence electrons. The Morgan fingerprint density at radius 3 is 2.50 bits per heavy atom. The largest absolute Gasteiger partial charge is 0.379 e. The van der Waals surface area contributed by atoms with Crippen LogP contribution in [0.3, 0.4) is 0 Å². The highest BCUT2D eigenvalue weighted by molar-refractivity contribution is 6.36. The van der Waals surface area contributed by atoms with Gasteiger partial charge in [-0.3, -0.25) is 9.59 Å². The Morgan fingerprint density at radius 2 is 1.88 bits per heavy atom. The van der Waals surface area contributed by atoms with E-state index in [1.54, 1.807) is 35.4 Å². The van der Waals surface area contributed by atoms with E-state index in [-0.39, 0.29) is 17.9 Å². The van der Waals surface area contributed by atoms with E-state index in [1.807, 2.05) is 19.9 Å². The Hall–Kier alpha value is -2.35. The molecule has 2 heterocycles. The number of pyridine rings is 1. The molecule has 32 heavy (non-hydrogen) atoms. The van der Waals surface area contributed by atoms with Gasteiger partial charge in [0.15, 0.2) is 0 Å². The van der Waals surface area contributed by atoms with Crippen LogP contribution in [0.25, 0.3) is 0 Å². The molecule has 0 saturated carbocycles. The molecular weight excluding hydrogens is 451 g/mol. The maximum Gasteiger partial charge on any atom is 0.255 e. The van der Waals surface area contributed by atoms with Crippen LogP contribution in [-0.4, -0.2) is 67.1 Å². The molecule has 2 amide bonds. The molecule has 1 aliphatic rings. The highest BCUT2D eigenvalue weighted by Gasteiger charge is 2.24. The fourth-order valence-corrected chi connectivity index (χ4v) is 3.86. The first kappa shape index (κ1) is 24.3. The van der Waals surface area contributed by atoms with Crippen molar-refractivity contribution in [1.29, 1.82) is 0 Å². The van der Waals surface area contributed by atoms with Crippen LogP contribution in [0.4, 0.5) is 5.82 Å². The second kappa shape index (κ2) is 11.5. The van der Waals surface area contributed by atoms with Crippen LogP contribution in [0, 0.1) is 0 Å². The molecule has 1 aliphatic heterocycles. The molecule has 1 saturated heterocycles. The number of hydrogen-bond donors (Lipinski definition) is 1. The summed E-state index contributed by atoms with van der Waals surface area (Å²) in [7, 11) is 0. The number of halogens is 2. The lowest BCUT2D eigenvalue weighted by molar-refractivity contribution is 0.0743. The van der Waals surface area contributed by atoms with Crippen molar-refractivity contribution < 1.29 is 14.3 Å². The molecule has 2 aromatic rings. The smallest absolute Gasteiger partial charge is 0.255 e. The lowest BCUT2D eigenvalue weighted by Gasteiger charge is -2.35. The van der Waals surface area contributed by atoms with Gasteiger partial charge in [-0.15, -0.1) is 0 Å². The molecular formula is C23H28Cl2N4O3. The van der Waals surface area contributed by atoms with Gasteiger partial charge in [-0.25, -0.2) is 4.98 Å². The number of amides is 2. The van der Waals surface area contributed by atoms with E-state index in [0.29, 0.717) is 60.5 Å². The maximum absolute atomic E-state index is 12.8. The summed E-state index contributed by atoms with van der Waals surface area (Å²) >= 11 is 12.1. The van der Waals surface area contributed by atoms with Crippen LogP contribution >= 0.6 is 23.2 Å². The van der Waals surface area contributed by atoms with Crippen molar-refractivity contribution in [2.24, 2.45) is 0 Å². The number of anilines is 1. The zero-order chi connectivity index (χ0) is 23.1. The number of hydrogen-bond acceptors (Lipinski definition) is 5. The number of nitrogens with zero attached hydrogens (tertiary/aromatic N) is 3. The van der Waals surface area contributed by atoms with Gasteiger partial charge in [-0.1, -0.05) is 23.2 Å². The molecule has 0 radical (unpaired) electrons. The lowest BCUT2D eigenvalue weighted by atomic mass is 10.1. The van der Waals surface area contributed by atoms with Crippen LogP contribution < -0.4 is 10.2 Å². The number of carbonyl (C=O) groups is 2. The summed E-state index contributed by atoms with van der Waals surface area (Å²) in [6, 6.07) is 8.51. The minimum atomic E-state index is -0.149. The molecule has 1 fully saturated rings. The monoisotopic (exact) mass is 478 g/mol. The number of carbonyl (C=O) groups excluding carboxylic acids is 2. The molecule has 3 rings (SSSR count). The van der Waals surface area contributed by atoms with E-state index >= 15 is 0 Å². The van der Waals surface area contributed by atoms with E-state index in [1.165, 1.54) is 0 Å². The van der Waals surface area contributed by atoms with Crippen molar-refractivity contribution >= 4 is 40.8 Å². The van der Waals surface area contributed by atoms with E-state index in [0.717, 1.165) is 12.2 Å². The second-order valence-corrected chi connectivity index (χ2v) is 8.68. The predicted octanol–water partition coefficient (Wildman–Crippen LogP) is 3.90. The third-order valence-corrected chi connectivity index (χ3v) is 5.67. The molecule has 0 aliphatic carbocycles. The summed E-state index contributed by atoms with van der Waals surface area (Å²) in [4.78, 5) is 33.3. The Balaban J connectivity index is 1.48. The topological polar surface area (TPSA) is 74.8 Å². The standard InChI is InChI=1S/C23H28Cl2N4O3/c1-16(2)32-13-3-8-26-22(30)17-4-7-21(27-15-17)28-9-11-29(12-10-28)23(31)19-6-5-18(24)14-20(19)25/h4-7,14-16H,3,8-13H2,1-2H3,(H,26,30). The van der Waals surface area contributed by atoms with Gasteiger partial charge in [-0.2, -0.15) is 0 Å². The molecule has 0 bridgehead atoms. The van der Waals surface area contributed by atoms with Crippen molar-refractivity contribution in [3.63, 3.8) is 0 Å². The highest BCUT2D eigenvalue weighted by Crippen LogP contribution is 2.23. The summed E-state index contributed by atoms with van der Waals surface area (Å²) in [5.41, 5.74) is 0.971. The second-order valence-electron chi connectivity index (χ2n) is 7.84. The number of nitrogens with one attached hydrogen (secondary N) is 1. The van der Waals surface area contributed by atoms with Gasteiger partial charge in [0, 0.05) is 50.6 Å². The SMILES string of the molecule is CC(C)OCCCNC(=O)c1ccc(N2CCN(C(=O)c3ccc(Cl)cc3Cl)CC2)nc1. The summed E-state index contributed by atoms with van der Waals surface area (Å²) in [6.07, 6.45) is 2.54. The minimum Gasteiger partial charge on any atom is -0.379 e. The summed E-state index contributed by atoms with van der Waals surface area (Å²) in [6.45, 7) is 7.54. The number of ether oxygens (including phenoxy) is 1. The average molecular weight is 479 g/mol. The molecule has 0 atom stereocenters. The van der Waals surface area contributed by atoms with Crippen molar-refractivity contribution in [2.75, 3.05) is 44.2 Å². The van der Waals surface area contributed by atoms with Gasteiger partial charge in [0.2, 0.25) is 0 Å². The van der Waals surface area contributed by atoms with Crippen molar-refractivity contribution in [1.82, 2.24) is 15.2 Å². The van der Waals surface area contributed by atoms with Gasteiger partial charge in [-0.05, 0) is 50.6 Å². The van der Waals surface area contributed by atoms with Gasteiger partial charge in [0.1, 0.15) is 5.82 Å². The van der Waals surface area contributed by atoms with Crippen LogP contribution in [0.5, 0.6) is 0 Å². The first-order valence-corrected chi connectivity index (χ1v) is 11.5. The maximum atomic E-state index is 12.8.